The van der Waals surface area contributed by atoms with Crippen molar-refractivity contribution in [2.24, 2.45) is 0 Å². The largest absolute Gasteiger partial charge is 0.347 e. The minimum Gasteiger partial charge on any atom is -0.347 e. The second-order valence-electron chi connectivity index (χ2n) is 6.75. The topological polar surface area (TPSA) is 70.8 Å². The molecule has 3 aromatic rings. The van der Waals surface area contributed by atoms with Crippen LogP contribution in [0.3, 0.4) is 0 Å². The van der Waals surface area contributed by atoms with Crippen molar-refractivity contribution in [2.75, 3.05) is 25.0 Å². The predicted octanol–water partition coefficient (Wildman–Crippen LogP) is 2.41. The van der Waals surface area contributed by atoms with E-state index in [1.807, 2.05) is 30.3 Å². The summed E-state index contributed by atoms with van der Waals surface area (Å²) in [4.78, 5) is 33.3. The van der Waals surface area contributed by atoms with Crippen LogP contribution in [0, 0.1) is 0 Å². The molecule has 8 heteroatoms. The molecule has 1 saturated heterocycles. The lowest BCUT2D eigenvalue weighted by atomic mass is 10.1. The zero-order valence-corrected chi connectivity index (χ0v) is 16.0. The van der Waals surface area contributed by atoms with E-state index in [-0.39, 0.29) is 11.6 Å². The number of carbonyl (C=O) groups is 1. The van der Waals surface area contributed by atoms with E-state index in [0.717, 1.165) is 36.6 Å². The van der Waals surface area contributed by atoms with Crippen molar-refractivity contribution in [1.29, 1.82) is 0 Å². The Kier molecular flexibility index (Phi) is 4.89. The second kappa shape index (κ2) is 7.48. The van der Waals surface area contributed by atoms with Crippen LogP contribution in [-0.4, -0.2) is 45.5 Å². The lowest BCUT2D eigenvalue weighted by molar-refractivity contribution is 0.0776. The third-order valence-electron chi connectivity index (χ3n) is 4.70. The van der Waals surface area contributed by atoms with Crippen LogP contribution in [0.15, 0.2) is 41.2 Å². The van der Waals surface area contributed by atoms with Crippen molar-refractivity contribution in [3.63, 3.8) is 0 Å². The molecule has 0 aliphatic carbocycles. The molecule has 7 nitrogen and oxygen atoms in total. The highest BCUT2D eigenvalue weighted by Crippen LogP contribution is 2.25. The molecule has 0 unspecified atom stereocenters. The van der Waals surface area contributed by atoms with Crippen LogP contribution in [0.2, 0.25) is 0 Å². The number of rotatable bonds is 4. The fourth-order valence-corrected chi connectivity index (χ4v) is 4.25. The number of hydrogen-bond donors (Lipinski definition) is 0. The van der Waals surface area contributed by atoms with Gasteiger partial charge in [0.2, 0.25) is 10.1 Å². The van der Waals surface area contributed by atoms with Crippen molar-refractivity contribution in [3.8, 4) is 0 Å². The summed E-state index contributed by atoms with van der Waals surface area (Å²) in [6.07, 6.45) is 3.49. The Morgan fingerprint density at radius 2 is 1.93 bits per heavy atom. The van der Waals surface area contributed by atoms with Gasteiger partial charge in [0.05, 0.1) is 0 Å². The Morgan fingerprint density at radius 1 is 1.19 bits per heavy atom. The molecule has 4 rings (SSSR count). The Hall–Kier alpha value is -2.74. The Bertz CT molecular complexity index is 1010. The van der Waals surface area contributed by atoms with E-state index in [1.165, 1.54) is 28.3 Å². The molecule has 1 aliphatic heterocycles. The normalized spacial score (nSPS) is 14.5. The lowest BCUT2D eigenvalue weighted by Gasteiger charge is -2.25. The van der Waals surface area contributed by atoms with E-state index in [1.54, 1.807) is 11.9 Å². The average molecular weight is 383 g/mol. The molecule has 0 saturated carbocycles. The van der Waals surface area contributed by atoms with Gasteiger partial charge in [0.1, 0.15) is 5.69 Å². The molecule has 0 bridgehead atoms. The maximum Gasteiger partial charge on any atom is 0.274 e. The molecular weight excluding hydrogens is 362 g/mol. The number of anilines is 1. The first kappa shape index (κ1) is 17.7. The van der Waals surface area contributed by atoms with E-state index in [4.69, 9.17) is 0 Å². The summed E-state index contributed by atoms with van der Waals surface area (Å²) in [5.74, 6) is -0.246. The molecule has 27 heavy (non-hydrogen) atoms. The molecule has 1 aromatic carbocycles. The van der Waals surface area contributed by atoms with Gasteiger partial charge in [-0.05, 0) is 24.8 Å². The summed E-state index contributed by atoms with van der Waals surface area (Å²) in [7, 11) is 1.73. The van der Waals surface area contributed by atoms with Crippen LogP contribution in [0.4, 0.5) is 5.13 Å². The monoisotopic (exact) mass is 383 g/mol. The highest BCUT2D eigenvalue weighted by atomic mass is 32.1. The van der Waals surface area contributed by atoms with Gasteiger partial charge in [0.25, 0.3) is 11.5 Å². The molecular formula is C19H21N5O2S. The third-order valence-corrected chi connectivity index (χ3v) is 5.67. The van der Waals surface area contributed by atoms with E-state index in [0.29, 0.717) is 11.5 Å². The lowest BCUT2D eigenvalue weighted by Crippen LogP contribution is -2.30. The van der Waals surface area contributed by atoms with Crippen LogP contribution < -0.4 is 10.5 Å². The summed E-state index contributed by atoms with van der Waals surface area (Å²) in [6, 6.07) is 11.0. The number of piperidine rings is 1. The Balaban J connectivity index is 1.66. The van der Waals surface area contributed by atoms with Gasteiger partial charge in [-0.3, -0.25) is 9.59 Å². The Labute approximate surface area is 160 Å². The number of nitrogens with zero attached hydrogens (tertiary/aromatic N) is 5. The van der Waals surface area contributed by atoms with Gasteiger partial charge in [0, 0.05) is 32.7 Å². The van der Waals surface area contributed by atoms with E-state index < -0.39 is 5.56 Å². The predicted molar refractivity (Wildman–Crippen MR) is 105 cm³/mol. The maximum absolute atomic E-state index is 13.0. The van der Waals surface area contributed by atoms with Gasteiger partial charge in [0.15, 0.2) is 0 Å². The fourth-order valence-electron chi connectivity index (χ4n) is 3.30. The first-order chi connectivity index (χ1) is 13.1. The van der Waals surface area contributed by atoms with Crippen molar-refractivity contribution >= 4 is 27.3 Å². The van der Waals surface area contributed by atoms with Gasteiger partial charge in [-0.15, -0.1) is 5.10 Å². The third kappa shape index (κ3) is 3.71. The molecule has 3 heterocycles. The molecule has 0 radical (unpaired) electrons. The van der Waals surface area contributed by atoms with E-state index in [9.17, 15) is 9.59 Å². The maximum atomic E-state index is 13.0. The summed E-state index contributed by atoms with van der Waals surface area (Å²) < 4.78 is 1.51. The minimum atomic E-state index is -0.416. The van der Waals surface area contributed by atoms with Crippen LogP contribution in [0.25, 0.3) is 4.96 Å². The molecule has 0 N–H and O–H groups in total. The fraction of sp³-hybridized carbons (Fsp3) is 0.368. The van der Waals surface area contributed by atoms with Crippen molar-refractivity contribution < 1.29 is 4.79 Å². The highest BCUT2D eigenvalue weighted by molar-refractivity contribution is 7.20. The number of amides is 1. The summed E-state index contributed by atoms with van der Waals surface area (Å²) >= 11 is 1.36. The smallest absolute Gasteiger partial charge is 0.274 e. The van der Waals surface area contributed by atoms with Gasteiger partial charge < -0.3 is 9.80 Å². The van der Waals surface area contributed by atoms with Crippen LogP contribution >= 0.6 is 11.3 Å². The molecule has 1 aliphatic rings. The van der Waals surface area contributed by atoms with Crippen LogP contribution in [-0.2, 0) is 6.54 Å². The summed E-state index contributed by atoms with van der Waals surface area (Å²) in [5, 5.41) is 5.41. The van der Waals surface area contributed by atoms with Gasteiger partial charge in [-0.25, -0.2) is 0 Å². The second-order valence-corrected chi connectivity index (χ2v) is 7.69. The molecule has 1 fully saturated rings. The SMILES string of the molecule is CN(Cc1ccccc1)C(=O)c1cc(=O)nc2sc(N3CCCCC3)nn12. The van der Waals surface area contributed by atoms with Crippen molar-refractivity contribution in [2.45, 2.75) is 25.8 Å². The molecule has 2 aromatic heterocycles. The summed E-state index contributed by atoms with van der Waals surface area (Å²) in [5.41, 5.74) is 0.863. The zero-order chi connectivity index (χ0) is 18.8. The molecule has 1 amide bonds. The first-order valence-corrected chi connectivity index (χ1v) is 9.89. The van der Waals surface area contributed by atoms with E-state index in [2.05, 4.69) is 15.0 Å². The number of hydrogen-bond acceptors (Lipinski definition) is 6. The first-order valence-electron chi connectivity index (χ1n) is 9.07. The van der Waals surface area contributed by atoms with E-state index >= 15 is 0 Å². The molecule has 0 atom stereocenters. The van der Waals surface area contributed by atoms with Gasteiger partial charge >= 0.3 is 0 Å². The number of benzene rings is 1. The standard InChI is InChI=1S/C19H21N5O2S/c1-22(13-14-8-4-2-5-9-14)17(26)15-12-16(25)20-18-24(15)21-19(27-18)23-10-6-3-7-11-23/h2,4-5,8-9,12H,3,6-7,10-11,13H2,1H3. The Morgan fingerprint density at radius 3 is 2.67 bits per heavy atom. The average Bonchev–Trinajstić information content (AvgIpc) is 3.12. The molecule has 140 valence electrons. The van der Waals surface area contributed by atoms with Gasteiger partial charge in [-0.1, -0.05) is 41.7 Å². The van der Waals surface area contributed by atoms with Crippen LogP contribution in [0.1, 0.15) is 35.3 Å². The number of carbonyl (C=O) groups excluding carboxylic acids is 1. The number of fused-ring (bicyclic) bond motifs is 1. The summed E-state index contributed by atoms with van der Waals surface area (Å²) in [6.45, 7) is 2.35. The van der Waals surface area contributed by atoms with Crippen molar-refractivity contribution in [3.05, 3.63) is 58.0 Å². The van der Waals surface area contributed by atoms with Crippen molar-refractivity contribution in [1.82, 2.24) is 19.5 Å². The minimum absolute atomic E-state index is 0.246. The quantitative estimate of drug-likeness (QED) is 0.692. The highest BCUT2D eigenvalue weighted by Gasteiger charge is 2.21. The zero-order valence-electron chi connectivity index (χ0n) is 15.2. The molecule has 0 spiro atoms. The van der Waals surface area contributed by atoms with Gasteiger partial charge in [-0.2, -0.15) is 9.50 Å². The number of aromatic nitrogens is 3. The van der Waals surface area contributed by atoms with Crippen LogP contribution in [0.5, 0.6) is 0 Å².